The number of nitrogens with one attached hydrogen (secondary N) is 2. The van der Waals surface area contributed by atoms with Gasteiger partial charge in [-0.1, -0.05) is 30.3 Å². The van der Waals surface area contributed by atoms with E-state index in [1.807, 2.05) is 78.8 Å². The molecule has 3 aromatic carbocycles. The number of anilines is 1. The predicted molar refractivity (Wildman–Crippen MR) is 150 cm³/mol. The van der Waals surface area contributed by atoms with E-state index in [9.17, 15) is 14.7 Å². The van der Waals surface area contributed by atoms with E-state index in [1.54, 1.807) is 42.5 Å². The van der Waals surface area contributed by atoms with E-state index in [0.29, 0.717) is 27.1 Å². The molecule has 0 spiro atoms. The minimum absolute atomic E-state index is 0.0360. The number of benzene rings is 3. The second-order valence-corrected chi connectivity index (χ2v) is 9.01. The molecule has 0 atom stereocenters. The number of carbonyl (C=O) groups excluding carboxylic acids is 2. The average Bonchev–Trinajstić information content (AvgIpc) is 2.87. The molecule has 3 rings (SSSR count). The third-order valence-corrected chi connectivity index (χ3v) is 5.80. The fourth-order valence-corrected chi connectivity index (χ4v) is 3.76. The van der Waals surface area contributed by atoms with Crippen LogP contribution in [0.5, 0.6) is 11.5 Å². The zero-order valence-electron chi connectivity index (χ0n) is 20.2. The van der Waals surface area contributed by atoms with Gasteiger partial charge in [0.05, 0.1) is 16.4 Å². The van der Waals surface area contributed by atoms with Gasteiger partial charge in [0.1, 0.15) is 5.70 Å². The number of carbonyl (C=O) groups is 2. The average molecular weight is 598 g/mol. The Bertz CT molecular complexity index is 1270. The van der Waals surface area contributed by atoms with Gasteiger partial charge in [-0.15, -0.1) is 0 Å². The van der Waals surface area contributed by atoms with Crippen LogP contribution in [0.25, 0.3) is 6.08 Å². The van der Waals surface area contributed by atoms with E-state index in [-0.39, 0.29) is 11.4 Å². The highest BCUT2D eigenvalue weighted by molar-refractivity contribution is 14.1. The van der Waals surface area contributed by atoms with Gasteiger partial charge in [-0.3, -0.25) is 9.59 Å². The number of hydrogen-bond donors (Lipinski definition) is 3. The van der Waals surface area contributed by atoms with Crippen LogP contribution in [-0.2, 0) is 4.79 Å². The van der Waals surface area contributed by atoms with Crippen LogP contribution < -0.4 is 20.4 Å². The summed E-state index contributed by atoms with van der Waals surface area (Å²) < 4.78 is 6.02. The van der Waals surface area contributed by atoms with Gasteiger partial charge < -0.3 is 20.1 Å². The highest BCUT2D eigenvalue weighted by atomic mass is 127. The van der Waals surface area contributed by atoms with Gasteiger partial charge >= 0.3 is 0 Å². The molecule has 0 aliphatic carbocycles. The van der Waals surface area contributed by atoms with Crippen LogP contribution in [0.4, 0.5) is 5.69 Å². The lowest BCUT2D eigenvalue weighted by Crippen LogP contribution is -2.32. The summed E-state index contributed by atoms with van der Waals surface area (Å²) in [5, 5.41) is 16.8. The number of halogens is 1. The van der Waals surface area contributed by atoms with Gasteiger partial charge in [0.2, 0.25) is 0 Å². The molecule has 3 N–H and O–H groups in total. The van der Waals surface area contributed by atoms with Crippen LogP contribution in [0.1, 0.15) is 28.4 Å². The predicted octanol–water partition coefficient (Wildman–Crippen LogP) is 4.38. The zero-order chi connectivity index (χ0) is 26.1. The van der Waals surface area contributed by atoms with Crippen LogP contribution >= 0.6 is 22.6 Å². The maximum absolute atomic E-state index is 13.0. The Morgan fingerprint density at radius 3 is 2.39 bits per heavy atom. The van der Waals surface area contributed by atoms with E-state index in [4.69, 9.17) is 4.74 Å². The van der Waals surface area contributed by atoms with Crippen molar-refractivity contribution in [2.24, 2.45) is 5.10 Å². The summed E-state index contributed by atoms with van der Waals surface area (Å²) >= 11 is 1.99. The zero-order valence-corrected chi connectivity index (χ0v) is 22.3. The Hall–Kier alpha value is -3.86. The second-order valence-electron chi connectivity index (χ2n) is 7.85. The van der Waals surface area contributed by atoms with Gasteiger partial charge in [-0.05, 0) is 83.1 Å². The molecule has 36 heavy (non-hydrogen) atoms. The molecule has 0 radical (unpaired) electrons. The summed E-state index contributed by atoms with van der Waals surface area (Å²) in [7, 11) is 3.88. The van der Waals surface area contributed by atoms with Crippen molar-refractivity contribution in [3.05, 3.63) is 92.7 Å². The Morgan fingerprint density at radius 1 is 1.06 bits per heavy atom. The molecule has 0 aromatic heterocycles. The molecule has 0 heterocycles. The highest BCUT2D eigenvalue weighted by Crippen LogP contribution is 2.32. The molecule has 9 heteroatoms. The van der Waals surface area contributed by atoms with Gasteiger partial charge in [0.25, 0.3) is 11.8 Å². The number of phenols is 1. The Morgan fingerprint density at radius 2 is 1.75 bits per heavy atom. The van der Waals surface area contributed by atoms with E-state index in [0.717, 1.165) is 11.3 Å². The molecule has 0 fully saturated rings. The van der Waals surface area contributed by atoms with Crippen molar-refractivity contribution in [2.45, 2.75) is 6.92 Å². The van der Waals surface area contributed by atoms with E-state index >= 15 is 0 Å². The third-order valence-electron chi connectivity index (χ3n) is 4.98. The Labute approximate surface area is 223 Å². The fourth-order valence-electron chi connectivity index (χ4n) is 3.14. The lowest BCUT2D eigenvalue weighted by atomic mass is 10.1. The largest absolute Gasteiger partial charge is 0.504 e. The molecule has 3 aromatic rings. The first-order valence-corrected chi connectivity index (χ1v) is 12.2. The van der Waals surface area contributed by atoms with Crippen LogP contribution in [0.2, 0.25) is 0 Å². The van der Waals surface area contributed by atoms with Crippen molar-refractivity contribution in [2.75, 3.05) is 25.6 Å². The SMILES string of the molecule is CCOc1cc(/C=N/NC(=O)/C(=C\c2ccc(N(C)C)cc2)NC(=O)c2ccccc2)cc(I)c1O. The molecule has 0 aliphatic rings. The molecule has 8 nitrogen and oxygen atoms in total. The Kier molecular flexibility index (Phi) is 9.46. The topological polar surface area (TPSA) is 103 Å². The number of ether oxygens (including phenoxy) is 1. The summed E-state index contributed by atoms with van der Waals surface area (Å²) in [6.07, 6.45) is 3.02. The van der Waals surface area contributed by atoms with Gasteiger partial charge in [0, 0.05) is 25.3 Å². The molecular weight excluding hydrogens is 571 g/mol. The summed E-state index contributed by atoms with van der Waals surface area (Å²) in [5.41, 5.74) is 5.28. The molecule has 0 aliphatic heterocycles. The first kappa shape index (κ1) is 26.7. The standard InChI is InChI=1S/C27H27IN4O4/c1-4-36-24-16-19(14-22(28)25(24)33)17-29-31-27(35)23(30-26(34)20-8-6-5-7-9-20)15-18-10-12-21(13-11-18)32(2)3/h5-17,33H,4H2,1-3H3,(H,30,34)(H,31,35)/b23-15+,29-17+. The highest BCUT2D eigenvalue weighted by Gasteiger charge is 2.15. The number of nitrogens with zero attached hydrogens (tertiary/aromatic N) is 2. The van der Waals surface area contributed by atoms with Gasteiger partial charge in [0.15, 0.2) is 11.5 Å². The number of rotatable bonds is 9. The summed E-state index contributed by atoms with van der Waals surface area (Å²) in [4.78, 5) is 27.7. The first-order chi connectivity index (χ1) is 17.3. The van der Waals surface area contributed by atoms with Crippen molar-refractivity contribution >= 4 is 52.4 Å². The number of aromatic hydroxyl groups is 1. The summed E-state index contributed by atoms with van der Waals surface area (Å²) in [6, 6.07) is 19.5. The summed E-state index contributed by atoms with van der Waals surface area (Å²) in [5.74, 6) is -0.632. The quantitative estimate of drug-likeness (QED) is 0.147. The molecular formula is C27H27IN4O4. The minimum Gasteiger partial charge on any atom is -0.504 e. The second kappa shape index (κ2) is 12.7. The maximum atomic E-state index is 13.0. The number of hydrogen-bond acceptors (Lipinski definition) is 6. The molecule has 0 bridgehead atoms. The van der Waals surface area contributed by atoms with Crippen molar-refractivity contribution in [1.29, 1.82) is 0 Å². The summed E-state index contributed by atoms with van der Waals surface area (Å²) in [6.45, 7) is 2.21. The van der Waals surface area contributed by atoms with Gasteiger partial charge in [-0.25, -0.2) is 5.43 Å². The third kappa shape index (κ3) is 7.32. The van der Waals surface area contributed by atoms with Crippen molar-refractivity contribution in [3.63, 3.8) is 0 Å². The number of amides is 2. The lowest BCUT2D eigenvalue weighted by molar-refractivity contribution is -0.117. The lowest BCUT2D eigenvalue weighted by Gasteiger charge is -2.13. The normalized spacial score (nSPS) is 11.3. The fraction of sp³-hybridized carbons (Fsp3) is 0.148. The van der Waals surface area contributed by atoms with Crippen molar-refractivity contribution in [1.82, 2.24) is 10.7 Å². The number of hydrazone groups is 1. The van der Waals surface area contributed by atoms with Crippen molar-refractivity contribution in [3.8, 4) is 11.5 Å². The maximum Gasteiger partial charge on any atom is 0.287 e. The first-order valence-electron chi connectivity index (χ1n) is 11.1. The van der Waals surface area contributed by atoms with Crippen LogP contribution in [-0.4, -0.2) is 43.8 Å². The smallest absolute Gasteiger partial charge is 0.287 e. The van der Waals surface area contributed by atoms with E-state index < -0.39 is 11.8 Å². The van der Waals surface area contributed by atoms with Crippen LogP contribution in [0.15, 0.2) is 77.5 Å². The van der Waals surface area contributed by atoms with E-state index in [2.05, 4.69) is 15.8 Å². The van der Waals surface area contributed by atoms with E-state index in [1.165, 1.54) is 6.21 Å². The molecule has 2 amide bonds. The minimum atomic E-state index is -0.592. The Balaban J connectivity index is 1.83. The van der Waals surface area contributed by atoms with Crippen LogP contribution in [0.3, 0.4) is 0 Å². The van der Waals surface area contributed by atoms with Crippen LogP contribution in [0, 0.1) is 3.57 Å². The monoisotopic (exact) mass is 598 g/mol. The molecule has 0 saturated carbocycles. The molecule has 186 valence electrons. The van der Waals surface area contributed by atoms with Crippen molar-refractivity contribution < 1.29 is 19.4 Å². The molecule has 0 saturated heterocycles. The molecule has 0 unspecified atom stereocenters. The number of phenolic OH excluding ortho intramolecular Hbond substituents is 1. The van der Waals surface area contributed by atoms with Gasteiger partial charge in [-0.2, -0.15) is 5.10 Å².